The lowest BCUT2D eigenvalue weighted by molar-refractivity contribution is 0.0855. The number of carbonyl (C=O) groups is 2. The predicted molar refractivity (Wildman–Crippen MR) is 105 cm³/mol. The van der Waals surface area contributed by atoms with Crippen LogP contribution in [0.25, 0.3) is 5.69 Å². The lowest BCUT2D eigenvalue weighted by Gasteiger charge is -2.37. The van der Waals surface area contributed by atoms with Gasteiger partial charge in [0, 0.05) is 24.2 Å². The number of benzene rings is 1. The molecule has 1 fully saturated rings. The largest absolute Gasteiger partial charge is 0.465 e. The number of hydrogen-bond donors (Lipinski definition) is 2. The van der Waals surface area contributed by atoms with Crippen LogP contribution in [-0.4, -0.2) is 56.1 Å². The van der Waals surface area contributed by atoms with Gasteiger partial charge in [-0.15, -0.1) is 5.10 Å². The third-order valence-corrected chi connectivity index (χ3v) is 5.21. The van der Waals surface area contributed by atoms with Crippen molar-refractivity contribution in [1.29, 1.82) is 0 Å². The van der Waals surface area contributed by atoms with E-state index in [9.17, 15) is 14.7 Å². The molecule has 8 nitrogen and oxygen atoms in total. The molecule has 3 rings (SSSR count). The standard InChI is InChI=1S/C19H24ClN5O3/c1-19(2,3)16-12(7-8-24(16)18(27)28)10-21-17(26)15-11-25(23-22-15)14-6-4-5-13(20)9-14/h4-6,9,11-12,16H,7-8,10H2,1-3H3,(H,21,26)(H,27,28). The van der Waals surface area contributed by atoms with E-state index in [0.29, 0.717) is 30.2 Å². The molecule has 2 aromatic rings. The number of nitrogens with zero attached hydrogens (tertiary/aromatic N) is 4. The van der Waals surface area contributed by atoms with E-state index in [0.717, 1.165) is 0 Å². The third kappa shape index (κ3) is 4.27. The van der Waals surface area contributed by atoms with Crippen LogP contribution in [0.15, 0.2) is 30.5 Å². The van der Waals surface area contributed by atoms with Gasteiger partial charge in [0.25, 0.3) is 5.91 Å². The van der Waals surface area contributed by atoms with E-state index in [2.05, 4.69) is 15.6 Å². The Hall–Kier alpha value is -2.61. The number of rotatable bonds is 4. The van der Waals surface area contributed by atoms with Crippen LogP contribution >= 0.6 is 11.6 Å². The Morgan fingerprint density at radius 2 is 2.11 bits per heavy atom. The van der Waals surface area contributed by atoms with E-state index in [1.165, 1.54) is 9.58 Å². The molecular weight excluding hydrogens is 382 g/mol. The molecule has 1 aromatic heterocycles. The first-order valence-electron chi connectivity index (χ1n) is 9.13. The molecule has 0 aliphatic carbocycles. The number of hydrogen-bond acceptors (Lipinski definition) is 4. The second-order valence-corrected chi connectivity index (χ2v) is 8.51. The van der Waals surface area contributed by atoms with Crippen molar-refractivity contribution in [2.75, 3.05) is 13.1 Å². The summed E-state index contributed by atoms with van der Waals surface area (Å²) < 4.78 is 1.49. The molecule has 0 radical (unpaired) electrons. The first-order chi connectivity index (χ1) is 13.2. The summed E-state index contributed by atoms with van der Waals surface area (Å²) in [7, 11) is 0. The average molecular weight is 406 g/mol. The van der Waals surface area contributed by atoms with Crippen LogP contribution in [0.3, 0.4) is 0 Å². The number of nitrogens with one attached hydrogen (secondary N) is 1. The maximum absolute atomic E-state index is 12.5. The number of aromatic nitrogens is 3. The Bertz CT molecular complexity index is 876. The van der Waals surface area contributed by atoms with Gasteiger partial charge >= 0.3 is 6.09 Å². The van der Waals surface area contributed by atoms with Gasteiger partial charge in [-0.25, -0.2) is 9.48 Å². The SMILES string of the molecule is CC(C)(C)C1C(CNC(=O)c2cn(-c3cccc(Cl)c3)nn2)CCN1C(=O)O. The highest BCUT2D eigenvalue weighted by atomic mass is 35.5. The number of carboxylic acid groups (broad SMARTS) is 1. The molecule has 2 unspecified atom stereocenters. The normalized spacial score (nSPS) is 19.6. The van der Waals surface area contributed by atoms with E-state index in [1.807, 2.05) is 26.8 Å². The fraction of sp³-hybridized carbons (Fsp3) is 0.474. The first kappa shape index (κ1) is 20.1. The summed E-state index contributed by atoms with van der Waals surface area (Å²) in [5, 5.41) is 20.8. The van der Waals surface area contributed by atoms with Gasteiger partial charge in [-0.05, 0) is 36.0 Å². The molecule has 1 aromatic carbocycles. The Morgan fingerprint density at radius 3 is 2.75 bits per heavy atom. The monoisotopic (exact) mass is 405 g/mol. The van der Waals surface area contributed by atoms with Gasteiger partial charge in [0.1, 0.15) is 0 Å². The maximum atomic E-state index is 12.5. The lowest BCUT2D eigenvalue weighted by Crippen LogP contribution is -2.47. The highest BCUT2D eigenvalue weighted by molar-refractivity contribution is 6.30. The molecule has 0 spiro atoms. The summed E-state index contributed by atoms with van der Waals surface area (Å²) in [4.78, 5) is 25.5. The van der Waals surface area contributed by atoms with Crippen molar-refractivity contribution in [3.05, 3.63) is 41.2 Å². The van der Waals surface area contributed by atoms with Crippen molar-refractivity contribution < 1.29 is 14.7 Å². The number of likely N-dealkylation sites (tertiary alicyclic amines) is 1. The molecule has 28 heavy (non-hydrogen) atoms. The van der Waals surface area contributed by atoms with Crippen molar-refractivity contribution in [1.82, 2.24) is 25.2 Å². The molecule has 1 aliphatic heterocycles. The molecule has 9 heteroatoms. The summed E-state index contributed by atoms with van der Waals surface area (Å²) in [5.74, 6) is -0.294. The molecule has 1 aliphatic rings. The third-order valence-electron chi connectivity index (χ3n) is 4.98. The summed E-state index contributed by atoms with van der Waals surface area (Å²) in [6.07, 6.45) is 1.34. The Balaban J connectivity index is 1.66. The highest BCUT2D eigenvalue weighted by Crippen LogP contribution is 2.36. The van der Waals surface area contributed by atoms with Gasteiger partial charge in [0.15, 0.2) is 5.69 Å². The second kappa shape index (κ2) is 7.79. The quantitative estimate of drug-likeness (QED) is 0.814. The van der Waals surface area contributed by atoms with Crippen LogP contribution < -0.4 is 5.32 Å². The van der Waals surface area contributed by atoms with Gasteiger partial charge in [-0.3, -0.25) is 4.79 Å². The van der Waals surface area contributed by atoms with Crippen molar-refractivity contribution in [2.45, 2.75) is 33.2 Å². The van der Waals surface area contributed by atoms with Gasteiger partial charge in [-0.2, -0.15) is 0 Å². The minimum atomic E-state index is -0.918. The Morgan fingerprint density at radius 1 is 1.36 bits per heavy atom. The van der Waals surface area contributed by atoms with E-state index >= 15 is 0 Å². The van der Waals surface area contributed by atoms with Crippen molar-refractivity contribution >= 4 is 23.6 Å². The zero-order valence-electron chi connectivity index (χ0n) is 16.1. The molecule has 2 heterocycles. The van der Waals surface area contributed by atoms with Gasteiger partial charge in [0.2, 0.25) is 0 Å². The fourth-order valence-corrected chi connectivity index (χ4v) is 4.07. The zero-order valence-corrected chi connectivity index (χ0v) is 16.8. The molecule has 2 N–H and O–H groups in total. The summed E-state index contributed by atoms with van der Waals surface area (Å²) in [6.45, 7) is 6.91. The van der Waals surface area contributed by atoms with E-state index in [-0.39, 0.29) is 29.0 Å². The first-order valence-corrected chi connectivity index (χ1v) is 9.50. The summed E-state index contributed by atoms with van der Waals surface area (Å²) in [6, 6.07) is 6.93. The Labute approximate surface area is 168 Å². The molecule has 0 saturated carbocycles. The van der Waals surface area contributed by atoms with E-state index in [1.54, 1.807) is 24.4 Å². The summed E-state index contributed by atoms with van der Waals surface area (Å²) in [5.41, 5.74) is 0.681. The summed E-state index contributed by atoms with van der Waals surface area (Å²) >= 11 is 5.98. The van der Waals surface area contributed by atoms with Crippen LogP contribution in [0.1, 0.15) is 37.7 Å². The minimum absolute atomic E-state index is 0.0445. The maximum Gasteiger partial charge on any atom is 0.407 e. The van der Waals surface area contributed by atoms with Crippen LogP contribution in [0.2, 0.25) is 5.02 Å². The van der Waals surface area contributed by atoms with E-state index in [4.69, 9.17) is 11.6 Å². The molecule has 2 atom stereocenters. The zero-order chi connectivity index (χ0) is 20.5. The average Bonchev–Trinajstić information content (AvgIpc) is 3.26. The van der Waals surface area contributed by atoms with Gasteiger partial charge in [0.05, 0.1) is 11.9 Å². The smallest absolute Gasteiger partial charge is 0.407 e. The molecule has 0 bridgehead atoms. The van der Waals surface area contributed by atoms with Crippen molar-refractivity contribution in [3.63, 3.8) is 0 Å². The minimum Gasteiger partial charge on any atom is -0.465 e. The van der Waals surface area contributed by atoms with Crippen LogP contribution in [0.5, 0.6) is 0 Å². The predicted octanol–water partition coefficient (Wildman–Crippen LogP) is 3.07. The Kier molecular flexibility index (Phi) is 5.60. The molecule has 1 saturated heterocycles. The van der Waals surface area contributed by atoms with Gasteiger partial charge < -0.3 is 15.3 Å². The van der Waals surface area contributed by atoms with E-state index < -0.39 is 6.09 Å². The number of halogens is 1. The van der Waals surface area contributed by atoms with Crippen LogP contribution in [0, 0.1) is 11.3 Å². The lowest BCUT2D eigenvalue weighted by atomic mass is 9.79. The van der Waals surface area contributed by atoms with Crippen molar-refractivity contribution in [2.24, 2.45) is 11.3 Å². The van der Waals surface area contributed by atoms with Gasteiger partial charge in [-0.1, -0.05) is 43.7 Å². The number of carbonyl (C=O) groups excluding carboxylic acids is 1. The second-order valence-electron chi connectivity index (χ2n) is 8.07. The molecular formula is C19H24ClN5O3. The van der Waals surface area contributed by atoms with Crippen LogP contribution in [0.4, 0.5) is 4.79 Å². The molecule has 150 valence electrons. The van der Waals surface area contributed by atoms with Crippen molar-refractivity contribution in [3.8, 4) is 5.69 Å². The fourth-order valence-electron chi connectivity index (χ4n) is 3.89. The van der Waals surface area contributed by atoms with Crippen LogP contribution in [-0.2, 0) is 0 Å². The molecule has 2 amide bonds. The number of amides is 2. The topological polar surface area (TPSA) is 100 Å². The highest BCUT2D eigenvalue weighted by Gasteiger charge is 2.43.